The van der Waals surface area contributed by atoms with Crippen LogP contribution in [0.3, 0.4) is 0 Å². The Kier molecular flexibility index (Phi) is 4.93. The number of aliphatic carboxylic acids is 1. The third-order valence-electron chi connectivity index (χ3n) is 3.73. The highest BCUT2D eigenvalue weighted by Gasteiger charge is 2.46. The number of carboxylic acids is 1. The SMILES string of the molecule is CCCC1(C(=O)O)CCCN1Cc1cc(Br)c(Cl)s1. The highest BCUT2D eigenvalue weighted by Crippen LogP contribution is 2.38. The summed E-state index contributed by atoms with van der Waals surface area (Å²) in [5.74, 6) is -0.687. The van der Waals surface area contributed by atoms with Gasteiger partial charge in [0.2, 0.25) is 0 Å². The lowest BCUT2D eigenvalue weighted by Crippen LogP contribution is -2.49. The normalized spacial score (nSPS) is 23.9. The molecule has 6 heteroatoms. The van der Waals surface area contributed by atoms with E-state index >= 15 is 0 Å². The monoisotopic (exact) mass is 365 g/mol. The predicted molar refractivity (Wildman–Crippen MR) is 81.9 cm³/mol. The molecule has 0 aromatic carbocycles. The fraction of sp³-hybridized carbons (Fsp3) is 0.615. The molecule has 1 fully saturated rings. The second-order valence-electron chi connectivity index (χ2n) is 4.95. The lowest BCUT2D eigenvalue weighted by Gasteiger charge is -2.34. The molecule has 1 aromatic heterocycles. The number of hydrogen-bond donors (Lipinski definition) is 1. The molecule has 19 heavy (non-hydrogen) atoms. The number of rotatable bonds is 5. The van der Waals surface area contributed by atoms with Crippen LogP contribution in [0.25, 0.3) is 0 Å². The molecule has 0 aliphatic carbocycles. The number of likely N-dealkylation sites (tertiary alicyclic amines) is 1. The van der Waals surface area contributed by atoms with Gasteiger partial charge < -0.3 is 5.11 Å². The van der Waals surface area contributed by atoms with Crippen LogP contribution in [-0.2, 0) is 11.3 Å². The van der Waals surface area contributed by atoms with Gasteiger partial charge in [-0.2, -0.15) is 0 Å². The zero-order valence-electron chi connectivity index (χ0n) is 10.8. The lowest BCUT2D eigenvalue weighted by molar-refractivity contribution is -0.150. The molecule has 2 heterocycles. The minimum atomic E-state index is -0.687. The Morgan fingerprint density at radius 3 is 2.95 bits per heavy atom. The summed E-state index contributed by atoms with van der Waals surface area (Å²) in [5.41, 5.74) is -0.683. The molecule has 1 atom stereocenters. The summed E-state index contributed by atoms with van der Waals surface area (Å²) >= 11 is 11.0. The van der Waals surface area contributed by atoms with Crippen molar-refractivity contribution in [3.8, 4) is 0 Å². The van der Waals surface area contributed by atoms with Gasteiger partial charge in [0.25, 0.3) is 0 Å². The summed E-state index contributed by atoms with van der Waals surface area (Å²) in [5, 5.41) is 9.63. The van der Waals surface area contributed by atoms with Crippen LogP contribution in [0, 0.1) is 0 Å². The van der Waals surface area contributed by atoms with Crippen molar-refractivity contribution in [2.24, 2.45) is 0 Å². The van der Waals surface area contributed by atoms with Crippen molar-refractivity contribution in [2.45, 2.75) is 44.7 Å². The molecule has 3 nitrogen and oxygen atoms in total. The number of thiophene rings is 1. The quantitative estimate of drug-likeness (QED) is 0.840. The van der Waals surface area contributed by atoms with Gasteiger partial charge in [0.1, 0.15) is 9.88 Å². The van der Waals surface area contributed by atoms with E-state index in [0.29, 0.717) is 13.0 Å². The Morgan fingerprint density at radius 1 is 1.68 bits per heavy atom. The average molecular weight is 367 g/mol. The summed E-state index contributed by atoms with van der Waals surface area (Å²) in [6.07, 6.45) is 3.29. The molecule has 1 aliphatic heterocycles. The third-order valence-corrected chi connectivity index (χ3v) is 6.19. The van der Waals surface area contributed by atoms with Crippen molar-refractivity contribution in [1.29, 1.82) is 0 Å². The zero-order valence-corrected chi connectivity index (χ0v) is 13.9. The highest BCUT2D eigenvalue weighted by molar-refractivity contribution is 9.10. The molecule has 0 saturated carbocycles. The van der Waals surface area contributed by atoms with E-state index in [1.807, 2.05) is 13.0 Å². The molecule has 1 saturated heterocycles. The van der Waals surface area contributed by atoms with E-state index in [1.165, 1.54) is 11.3 Å². The van der Waals surface area contributed by atoms with Gasteiger partial charge in [-0.15, -0.1) is 11.3 Å². The number of hydrogen-bond acceptors (Lipinski definition) is 3. The summed E-state index contributed by atoms with van der Waals surface area (Å²) < 4.78 is 1.62. The van der Waals surface area contributed by atoms with Crippen molar-refractivity contribution in [1.82, 2.24) is 4.90 Å². The first-order valence-corrected chi connectivity index (χ1v) is 8.40. The van der Waals surface area contributed by atoms with Crippen molar-refractivity contribution in [2.75, 3.05) is 6.54 Å². The van der Waals surface area contributed by atoms with Gasteiger partial charge >= 0.3 is 5.97 Å². The van der Waals surface area contributed by atoms with Crippen LogP contribution in [0.1, 0.15) is 37.5 Å². The van der Waals surface area contributed by atoms with Gasteiger partial charge in [0.15, 0.2) is 0 Å². The lowest BCUT2D eigenvalue weighted by atomic mass is 9.90. The second kappa shape index (κ2) is 6.12. The fourth-order valence-electron chi connectivity index (χ4n) is 2.87. The summed E-state index contributed by atoms with van der Waals surface area (Å²) in [6.45, 7) is 3.56. The first kappa shape index (κ1) is 15.3. The summed E-state index contributed by atoms with van der Waals surface area (Å²) in [4.78, 5) is 14.9. The molecular formula is C13H17BrClNO2S. The molecule has 0 bridgehead atoms. The molecule has 1 aliphatic rings. The maximum atomic E-state index is 11.7. The van der Waals surface area contributed by atoms with Gasteiger partial charge in [0.05, 0.1) is 0 Å². The average Bonchev–Trinajstić information content (AvgIpc) is 2.86. The van der Waals surface area contributed by atoms with E-state index in [2.05, 4.69) is 20.8 Å². The van der Waals surface area contributed by atoms with E-state index in [9.17, 15) is 9.90 Å². The topological polar surface area (TPSA) is 40.5 Å². The van der Waals surface area contributed by atoms with Crippen LogP contribution in [0.2, 0.25) is 4.34 Å². The van der Waals surface area contributed by atoms with E-state index in [1.54, 1.807) is 0 Å². The molecule has 1 unspecified atom stereocenters. The fourth-order valence-corrected chi connectivity index (χ4v) is 4.67. The molecule has 0 spiro atoms. The smallest absolute Gasteiger partial charge is 0.324 e. The van der Waals surface area contributed by atoms with Crippen molar-refractivity contribution in [3.63, 3.8) is 0 Å². The molecular weight excluding hydrogens is 350 g/mol. The van der Waals surface area contributed by atoms with Crippen LogP contribution < -0.4 is 0 Å². The minimum Gasteiger partial charge on any atom is -0.480 e. The molecule has 1 N–H and O–H groups in total. The van der Waals surface area contributed by atoms with Crippen molar-refractivity contribution in [3.05, 3.63) is 19.8 Å². The molecule has 1 aromatic rings. The molecule has 2 rings (SSSR count). The van der Waals surface area contributed by atoms with Gasteiger partial charge in [-0.25, -0.2) is 0 Å². The number of carboxylic acid groups (broad SMARTS) is 1. The van der Waals surface area contributed by atoms with Crippen molar-refractivity contribution >= 4 is 44.8 Å². The van der Waals surface area contributed by atoms with Crippen LogP contribution in [0.4, 0.5) is 0 Å². The Labute approximate surface area is 130 Å². The molecule has 0 radical (unpaired) electrons. The maximum absolute atomic E-state index is 11.7. The largest absolute Gasteiger partial charge is 0.480 e. The third kappa shape index (κ3) is 2.99. The molecule has 106 valence electrons. The molecule has 0 amide bonds. The second-order valence-corrected chi connectivity index (χ2v) is 7.54. The van der Waals surface area contributed by atoms with Gasteiger partial charge in [-0.1, -0.05) is 24.9 Å². The predicted octanol–water partition coefficient (Wildman–Crippen LogP) is 4.38. The summed E-state index contributed by atoms with van der Waals surface area (Å²) in [7, 11) is 0. The number of halogens is 2. The Balaban J connectivity index is 2.20. The highest BCUT2D eigenvalue weighted by atomic mass is 79.9. The van der Waals surface area contributed by atoms with E-state index in [0.717, 1.165) is 39.5 Å². The Morgan fingerprint density at radius 2 is 2.42 bits per heavy atom. The van der Waals surface area contributed by atoms with Crippen LogP contribution in [0.15, 0.2) is 10.5 Å². The maximum Gasteiger partial charge on any atom is 0.324 e. The Bertz CT molecular complexity index is 460. The van der Waals surface area contributed by atoms with Crippen LogP contribution in [0.5, 0.6) is 0 Å². The zero-order chi connectivity index (χ0) is 14.0. The van der Waals surface area contributed by atoms with E-state index < -0.39 is 11.5 Å². The van der Waals surface area contributed by atoms with E-state index in [-0.39, 0.29) is 0 Å². The van der Waals surface area contributed by atoms with Gasteiger partial charge in [0, 0.05) is 15.9 Å². The van der Waals surface area contributed by atoms with Crippen LogP contribution >= 0.6 is 38.9 Å². The van der Waals surface area contributed by atoms with Gasteiger partial charge in [-0.3, -0.25) is 9.69 Å². The van der Waals surface area contributed by atoms with Gasteiger partial charge in [-0.05, 0) is 47.8 Å². The van der Waals surface area contributed by atoms with Crippen molar-refractivity contribution < 1.29 is 9.90 Å². The first-order chi connectivity index (χ1) is 8.99. The standard InChI is InChI=1S/C13H17BrClNO2S/c1-2-4-13(12(17)18)5-3-6-16(13)8-9-7-10(14)11(15)19-9/h7H,2-6,8H2,1H3,(H,17,18). The van der Waals surface area contributed by atoms with E-state index in [4.69, 9.17) is 11.6 Å². The first-order valence-electron chi connectivity index (χ1n) is 6.42. The number of carbonyl (C=O) groups is 1. The number of nitrogens with zero attached hydrogens (tertiary/aromatic N) is 1. The summed E-state index contributed by atoms with van der Waals surface area (Å²) in [6, 6.07) is 1.99. The minimum absolute atomic E-state index is 0.669. The Hall–Kier alpha value is -0.100. The van der Waals surface area contributed by atoms with Crippen LogP contribution in [-0.4, -0.2) is 28.1 Å².